The highest BCUT2D eigenvalue weighted by Crippen LogP contribution is 2.29. The van der Waals surface area contributed by atoms with Crippen LogP contribution in [0.15, 0.2) is 84.5 Å². The molecule has 2 atom stereocenters. The number of allylic oxidation sites excluding steroid dienone is 3. The van der Waals surface area contributed by atoms with Crippen LogP contribution < -0.4 is 10.0 Å². The third-order valence-electron chi connectivity index (χ3n) is 4.98. The summed E-state index contributed by atoms with van der Waals surface area (Å²) in [7, 11) is -3.41. The molecular formula is C24H30N2O3S. The minimum absolute atomic E-state index is 0.233. The first-order chi connectivity index (χ1) is 14.5. The Balaban J connectivity index is 1.71. The zero-order chi connectivity index (χ0) is 21.2. The van der Waals surface area contributed by atoms with Crippen LogP contribution in [0.2, 0.25) is 0 Å². The molecule has 5 nitrogen and oxygen atoms in total. The van der Waals surface area contributed by atoms with Crippen molar-refractivity contribution in [3.8, 4) is 0 Å². The Bertz CT molecular complexity index is 941. The van der Waals surface area contributed by atoms with Crippen LogP contribution in [-0.4, -0.2) is 34.4 Å². The fourth-order valence-electron chi connectivity index (χ4n) is 3.56. The maximum absolute atomic E-state index is 12.1. The van der Waals surface area contributed by atoms with Gasteiger partial charge in [0, 0.05) is 6.54 Å². The van der Waals surface area contributed by atoms with Crippen molar-refractivity contribution in [2.24, 2.45) is 0 Å². The lowest BCUT2D eigenvalue weighted by atomic mass is 9.94. The van der Waals surface area contributed by atoms with E-state index in [1.807, 2.05) is 60.7 Å². The van der Waals surface area contributed by atoms with Crippen molar-refractivity contribution < 1.29 is 13.2 Å². The standard InChI is InChI=1S/C24H30N2O3S/c1-30(27,28)26-24(22-15-9-4-10-16-22)23(21-13-7-3-8-14-21)25-17-18-29-19-20-11-5-2-6-12-20/h2-5,7-10,12-16,23-26H,6,11,17-19H2,1H3/t23-,24-/m0/s1. The Hall–Kier alpha value is -2.25. The molecule has 0 spiro atoms. The topological polar surface area (TPSA) is 67.4 Å². The summed E-state index contributed by atoms with van der Waals surface area (Å²) in [6.45, 7) is 1.79. The van der Waals surface area contributed by atoms with Gasteiger partial charge in [-0.1, -0.05) is 78.9 Å². The normalized spacial score (nSPS) is 16.1. The van der Waals surface area contributed by atoms with Gasteiger partial charge in [-0.15, -0.1) is 0 Å². The number of benzene rings is 2. The molecule has 0 radical (unpaired) electrons. The van der Waals surface area contributed by atoms with Gasteiger partial charge in [0.2, 0.25) is 10.0 Å². The smallest absolute Gasteiger partial charge is 0.209 e. The van der Waals surface area contributed by atoms with Crippen LogP contribution in [0.4, 0.5) is 0 Å². The first kappa shape index (κ1) is 22.4. The average molecular weight is 427 g/mol. The number of hydrogen-bond acceptors (Lipinski definition) is 4. The Labute approximate surface area is 179 Å². The zero-order valence-electron chi connectivity index (χ0n) is 17.3. The number of ether oxygens (including phenoxy) is 1. The van der Waals surface area contributed by atoms with Crippen molar-refractivity contribution in [2.75, 3.05) is 26.0 Å². The molecule has 30 heavy (non-hydrogen) atoms. The van der Waals surface area contributed by atoms with Gasteiger partial charge in [0.1, 0.15) is 0 Å². The Kier molecular flexibility index (Phi) is 8.39. The third-order valence-corrected chi connectivity index (χ3v) is 5.66. The SMILES string of the molecule is CS(=O)(=O)N[C@@H](c1ccccc1)[C@@H](NCCOCC1=CCC=CC1)c1ccccc1. The molecule has 0 aliphatic heterocycles. The summed E-state index contributed by atoms with van der Waals surface area (Å²) in [6, 6.07) is 18.9. The third kappa shape index (κ3) is 7.22. The summed E-state index contributed by atoms with van der Waals surface area (Å²) in [5.41, 5.74) is 3.23. The van der Waals surface area contributed by atoms with Crippen LogP contribution in [0.3, 0.4) is 0 Å². The fourth-order valence-corrected chi connectivity index (χ4v) is 4.30. The number of nitrogens with one attached hydrogen (secondary N) is 2. The summed E-state index contributed by atoms with van der Waals surface area (Å²) >= 11 is 0. The minimum atomic E-state index is -3.41. The lowest BCUT2D eigenvalue weighted by Gasteiger charge is -2.29. The molecule has 6 heteroatoms. The van der Waals surface area contributed by atoms with Gasteiger partial charge in [-0.25, -0.2) is 13.1 Å². The number of rotatable bonds is 11. The van der Waals surface area contributed by atoms with Crippen molar-refractivity contribution in [2.45, 2.75) is 24.9 Å². The second-order valence-electron chi connectivity index (χ2n) is 7.45. The van der Waals surface area contributed by atoms with Crippen LogP contribution in [0.1, 0.15) is 36.1 Å². The molecule has 3 rings (SSSR count). The van der Waals surface area contributed by atoms with Gasteiger partial charge in [0.05, 0.1) is 31.6 Å². The first-order valence-electron chi connectivity index (χ1n) is 10.2. The zero-order valence-corrected chi connectivity index (χ0v) is 18.1. The minimum Gasteiger partial charge on any atom is -0.376 e. The summed E-state index contributed by atoms with van der Waals surface area (Å²) in [4.78, 5) is 0. The highest BCUT2D eigenvalue weighted by Gasteiger charge is 2.27. The Morgan fingerprint density at radius 3 is 2.13 bits per heavy atom. The van der Waals surface area contributed by atoms with Crippen LogP contribution >= 0.6 is 0 Å². The predicted molar refractivity (Wildman–Crippen MR) is 122 cm³/mol. The van der Waals surface area contributed by atoms with Crippen LogP contribution in [0.25, 0.3) is 0 Å². The van der Waals surface area contributed by atoms with E-state index in [0.717, 1.165) is 24.0 Å². The van der Waals surface area contributed by atoms with E-state index in [0.29, 0.717) is 19.8 Å². The molecule has 0 heterocycles. The maximum atomic E-state index is 12.1. The Morgan fingerprint density at radius 1 is 0.933 bits per heavy atom. The molecule has 0 unspecified atom stereocenters. The highest BCUT2D eigenvalue weighted by molar-refractivity contribution is 7.88. The molecule has 0 aromatic heterocycles. The van der Waals surface area contributed by atoms with E-state index in [-0.39, 0.29) is 6.04 Å². The Morgan fingerprint density at radius 2 is 1.57 bits per heavy atom. The summed E-state index contributed by atoms with van der Waals surface area (Å²) in [6.07, 6.45) is 9.66. The molecule has 1 aliphatic rings. The molecule has 0 fully saturated rings. The monoisotopic (exact) mass is 426 g/mol. The molecule has 0 bridgehead atoms. The van der Waals surface area contributed by atoms with E-state index < -0.39 is 16.1 Å². The van der Waals surface area contributed by atoms with Crippen molar-refractivity contribution in [1.82, 2.24) is 10.0 Å². The molecule has 160 valence electrons. The molecule has 2 aromatic rings. The number of sulfonamides is 1. The van der Waals surface area contributed by atoms with E-state index in [1.54, 1.807) is 0 Å². The second kappa shape index (κ2) is 11.2. The van der Waals surface area contributed by atoms with E-state index >= 15 is 0 Å². The van der Waals surface area contributed by atoms with Gasteiger partial charge in [-0.2, -0.15) is 0 Å². The average Bonchev–Trinajstić information content (AvgIpc) is 2.76. The van der Waals surface area contributed by atoms with E-state index in [4.69, 9.17) is 4.74 Å². The van der Waals surface area contributed by atoms with Gasteiger partial charge in [0.15, 0.2) is 0 Å². The summed E-state index contributed by atoms with van der Waals surface area (Å²) in [5, 5.41) is 3.51. The molecule has 0 saturated carbocycles. The van der Waals surface area contributed by atoms with Crippen LogP contribution in [0, 0.1) is 0 Å². The quantitative estimate of drug-likeness (QED) is 0.422. The van der Waals surface area contributed by atoms with Crippen molar-refractivity contribution in [3.05, 3.63) is 95.6 Å². The largest absolute Gasteiger partial charge is 0.376 e. The first-order valence-corrected chi connectivity index (χ1v) is 12.1. The van der Waals surface area contributed by atoms with E-state index in [1.165, 1.54) is 11.8 Å². The predicted octanol–water partition coefficient (Wildman–Crippen LogP) is 3.90. The molecule has 2 N–H and O–H groups in total. The van der Waals surface area contributed by atoms with Gasteiger partial charge >= 0.3 is 0 Å². The lowest BCUT2D eigenvalue weighted by Crippen LogP contribution is -2.39. The van der Waals surface area contributed by atoms with Crippen LogP contribution in [0.5, 0.6) is 0 Å². The molecule has 0 amide bonds. The highest BCUT2D eigenvalue weighted by atomic mass is 32.2. The number of hydrogen-bond donors (Lipinski definition) is 2. The molecular weight excluding hydrogens is 396 g/mol. The van der Waals surface area contributed by atoms with Crippen molar-refractivity contribution >= 4 is 10.0 Å². The lowest BCUT2D eigenvalue weighted by molar-refractivity contribution is 0.152. The second-order valence-corrected chi connectivity index (χ2v) is 9.23. The molecule has 0 saturated heterocycles. The van der Waals surface area contributed by atoms with E-state index in [9.17, 15) is 8.42 Å². The van der Waals surface area contributed by atoms with Crippen LogP contribution in [-0.2, 0) is 14.8 Å². The van der Waals surface area contributed by atoms with Gasteiger partial charge in [-0.05, 0) is 29.5 Å². The van der Waals surface area contributed by atoms with E-state index in [2.05, 4.69) is 28.3 Å². The summed E-state index contributed by atoms with van der Waals surface area (Å²) in [5.74, 6) is 0. The maximum Gasteiger partial charge on any atom is 0.209 e. The van der Waals surface area contributed by atoms with Gasteiger partial charge in [-0.3, -0.25) is 0 Å². The molecule has 2 aromatic carbocycles. The van der Waals surface area contributed by atoms with Crippen molar-refractivity contribution in [1.29, 1.82) is 0 Å². The molecule has 1 aliphatic carbocycles. The van der Waals surface area contributed by atoms with Gasteiger partial charge in [0.25, 0.3) is 0 Å². The summed E-state index contributed by atoms with van der Waals surface area (Å²) < 4.78 is 32.9. The fraction of sp³-hybridized carbons (Fsp3) is 0.333. The van der Waals surface area contributed by atoms with Gasteiger partial charge < -0.3 is 10.1 Å². The van der Waals surface area contributed by atoms with Crippen molar-refractivity contribution in [3.63, 3.8) is 0 Å².